The van der Waals surface area contributed by atoms with Gasteiger partial charge in [-0.3, -0.25) is 9.79 Å². The maximum Gasteiger partial charge on any atom is 0.308 e. The van der Waals surface area contributed by atoms with Crippen molar-refractivity contribution in [2.75, 3.05) is 33.8 Å². The summed E-state index contributed by atoms with van der Waals surface area (Å²) in [6.07, 6.45) is 4.53. The van der Waals surface area contributed by atoms with Crippen molar-refractivity contribution >= 4 is 35.9 Å². The molecule has 0 aromatic carbocycles. The molecule has 1 aliphatic carbocycles. The lowest BCUT2D eigenvalue weighted by Crippen LogP contribution is -2.48. The minimum atomic E-state index is -0.180. The highest BCUT2D eigenvalue weighted by Gasteiger charge is 2.28. The number of carbonyl (C=O) groups is 1. The van der Waals surface area contributed by atoms with Crippen LogP contribution >= 0.6 is 24.0 Å². The first-order valence-electron chi connectivity index (χ1n) is 7.87. The smallest absolute Gasteiger partial charge is 0.308 e. The van der Waals surface area contributed by atoms with Crippen molar-refractivity contribution in [2.24, 2.45) is 16.8 Å². The number of hydrogen-bond donors (Lipinski definition) is 2. The summed E-state index contributed by atoms with van der Waals surface area (Å²) >= 11 is 0. The number of esters is 1. The molecule has 2 fully saturated rings. The topological polar surface area (TPSA) is 74.2 Å². The monoisotopic (exact) mass is 425 g/mol. The third-order valence-corrected chi connectivity index (χ3v) is 4.68. The summed E-state index contributed by atoms with van der Waals surface area (Å²) in [7, 11) is 3.22. The van der Waals surface area contributed by atoms with Crippen LogP contribution in [0, 0.1) is 11.8 Å². The highest BCUT2D eigenvalue weighted by molar-refractivity contribution is 14.0. The van der Waals surface area contributed by atoms with Crippen LogP contribution in [0.1, 0.15) is 32.1 Å². The molecule has 2 atom stereocenters. The zero-order chi connectivity index (χ0) is 15.2. The molecule has 0 bridgehead atoms. The Labute approximate surface area is 149 Å². The molecule has 0 aromatic rings. The lowest BCUT2D eigenvalue weighted by molar-refractivity contribution is -0.146. The second-order valence-electron chi connectivity index (χ2n) is 5.97. The summed E-state index contributed by atoms with van der Waals surface area (Å²) in [6, 6.07) is 0. The number of halogens is 1. The quantitative estimate of drug-likeness (QED) is 0.308. The zero-order valence-electron chi connectivity index (χ0n) is 13.5. The number of likely N-dealkylation sites (tertiary alicyclic amines) is 1. The summed E-state index contributed by atoms with van der Waals surface area (Å²) in [5.41, 5.74) is 0. The predicted molar refractivity (Wildman–Crippen MR) is 96.4 cm³/mol. The Bertz CT molecular complexity index is 384. The number of carbonyl (C=O) groups excluding carboxylic acids is 1. The van der Waals surface area contributed by atoms with Crippen molar-refractivity contribution < 1.29 is 14.6 Å². The normalized spacial score (nSPS) is 26.5. The summed E-state index contributed by atoms with van der Waals surface area (Å²) < 4.78 is 4.81. The van der Waals surface area contributed by atoms with Crippen molar-refractivity contribution in [1.29, 1.82) is 0 Å². The van der Waals surface area contributed by atoms with Crippen LogP contribution < -0.4 is 5.32 Å². The molecular weight excluding hydrogens is 397 g/mol. The van der Waals surface area contributed by atoms with Crippen LogP contribution in [0.2, 0.25) is 0 Å². The van der Waals surface area contributed by atoms with Crippen LogP contribution in [0.3, 0.4) is 0 Å². The molecule has 0 amide bonds. The van der Waals surface area contributed by atoms with Gasteiger partial charge in [0.2, 0.25) is 0 Å². The Morgan fingerprint density at radius 3 is 2.50 bits per heavy atom. The Balaban J connectivity index is 0.00000242. The second-order valence-corrected chi connectivity index (χ2v) is 5.97. The average molecular weight is 425 g/mol. The van der Waals surface area contributed by atoms with Crippen molar-refractivity contribution in [1.82, 2.24) is 10.2 Å². The molecule has 0 aromatic heterocycles. The van der Waals surface area contributed by atoms with E-state index in [9.17, 15) is 9.90 Å². The van der Waals surface area contributed by atoms with Gasteiger partial charge >= 0.3 is 5.97 Å². The number of aliphatic imine (C=N–C) groups is 1. The Morgan fingerprint density at radius 2 is 2.00 bits per heavy atom. The van der Waals surface area contributed by atoms with E-state index in [1.807, 2.05) is 0 Å². The van der Waals surface area contributed by atoms with E-state index < -0.39 is 0 Å². The maximum atomic E-state index is 11.5. The number of nitrogens with zero attached hydrogens (tertiary/aromatic N) is 2. The highest BCUT2D eigenvalue weighted by Crippen LogP contribution is 2.25. The summed E-state index contributed by atoms with van der Waals surface area (Å²) in [5, 5.41) is 13.2. The lowest BCUT2D eigenvalue weighted by atomic mass is 9.97. The van der Waals surface area contributed by atoms with Gasteiger partial charge in [-0.15, -0.1) is 24.0 Å². The number of hydrogen-bond acceptors (Lipinski definition) is 4. The fourth-order valence-corrected chi connectivity index (χ4v) is 3.30. The van der Waals surface area contributed by atoms with Crippen molar-refractivity contribution in [3.05, 3.63) is 0 Å². The number of rotatable bonds is 3. The van der Waals surface area contributed by atoms with E-state index in [-0.39, 0.29) is 42.0 Å². The standard InChI is InChI=1S/C15H27N3O3.HI/c1-16-15(17-10-12-4-3-5-13(12)19)18-8-6-11(7-9-18)14(20)21-2;/h11-13,19H,3-10H2,1-2H3,(H,16,17);1H. The number of aliphatic hydroxyl groups is 1. The van der Waals surface area contributed by atoms with E-state index >= 15 is 0 Å². The Morgan fingerprint density at radius 1 is 1.32 bits per heavy atom. The Kier molecular flexibility index (Phi) is 8.45. The van der Waals surface area contributed by atoms with Crippen LogP contribution in [-0.4, -0.2) is 61.8 Å². The first-order valence-corrected chi connectivity index (χ1v) is 7.87. The molecule has 0 spiro atoms. The van der Waals surface area contributed by atoms with E-state index in [2.05, 4.69) is 15.2 Å². The largest absolute Gasteiger partial charge is 0.469 e. The minimum Gasteiger partial charge on any atom is -0.469 e. The molecule has 1 saturated carbocycles. The summed E-state index contributed by atoms with van der Waals surface area (Å²) in [4.78, 5) is 18.0. The molecule has 1 aliphatic heterocycles. The Hall–Kier alpha value is -0.570. The van der Waals surface area contributed by atoms with Crippen LogP contribution in [0.15, 0.2) is 4.99 Å². The van der Waals surface area contributed by atoms with E-state index in [1.54, 1.807) is 7.05 Å². The van der Waals surface area contributed by atoms with E-state index in [0.717, 1.165) is 57.7 Å². The number of nitrogens with one attached hydrogen (secondary N) is 1. The fraction of sp³-hybridized carbons (Fsp3) is 0.867. The molecule has 2 N–H and O–H groups in total. The van der Waals surface area contributed by atoms with E-state index in [4.69, 9.17) is 4.74 Å². The first kappa shape index (κ1) is 19.5. The molecule has 1 saturated heterocycles. The highest BCUT2D eigenvalue weighted by atomic mass is 127. The molecule has 7 heteroatoms. The van der Waals surface area contributed by atoms with Gasteiger partial charge in [0.25, 0.3) is 0 Å². The fourth-order valence-electron chi connectivity index (χ4n) is 3.30. The van der Waals surface area contributed by atoms with Gasteiger partial charge in [0.05, 0.1) is 19.1 Å². The van der Waals surface area contributed by atoms with Crippen LogP contribution in [0.5, 0.6) is 0 Å². The molecule has 0 radical (unpaired) electrons. The predicted octanol–water partition coefficient (Wildman–Crippen LogP) is 1.23. The molecule has 128 valence electrons. The molecular formula is C15H28IN3O3. The maximum absolute atomic E-state index is 11.5. The molecule has 6 nitrogen and oxygen atoms in total. The molecule has 2 unspecified atom stereocenters. The lowest BCUT2D eigenvalue weighted by Gasteiger charge is -2.33. The van der Waals surface area contributed by atoms with Gasteiger partial charge in [-0.2, -0.15) is 0 Å². The number of aliphatic hydroxyl groups excluding tert-OH is 1. The second kappa shape index (κ2) is 9.54. The van der Waals surface area contributed by atoms with Gasteiger partial charge < -0.3 is 20.1 Å². The molecule has 2 aliphatic rings. The van der Waals surface area contributed by atoms with Gasteiger partial charge in [-0.25, -0.2) is 0 Å². The van der Waals surface area contributed by atoms with Crippen LogP contribution in [0.4, 0.5) is 0 Å². The molecule has 22 heavy (non-hydrogen) atoms. The van der Waals surface area contributed by atoms with Crippen molar-refractivity contribution in [2.45, 2.75) is 38.2 Å². The third kappa shape index (κ3) is 4.97. The van der Waals surface area contributed by atoms with Gasteiger partial charge in [0.1, 0.15) is 0 Å². The molecule has 2 rings (SSSR count). The molecule has 1 heterocycles. The van der Waals surface area contributed by atoms with E-state index in [0.29, 0.717) is 5.92 Å². The van der Waals surface area contributed by atoms with Crippen LogP contribution in [0.25, 0.3) is 0 Å². The van der Waals surface area contributed by atoms with Crippen molar-refractivity contribution in [3.8, 4) is 0 Å². The first-order chi connectivity index (χ1) is 10.2. The minimum absolute atomic E-state index is 0. The SMILES string of the molecule is CN=C(NCC1CCCC1O)N1CCC(C(=O)OC)CC1.I. The van der Waals surface area contributed by atoms with Crippen LogP contribution in [-0.2, 0) is 9.53 Å². The van der Waals surface area contributed by atoms with Gasteiger partial charge in [0.15, 0.2) is 5.96 Å². The number of ether oxygens (including phenoxy) is 1. The van der Waals surface area contributed by atoms with Gasteiger partial charge in [-0.1, -0.05) is 6.42 Å². The third-order valence-electron chi connectivity index (χ3n) is 4.68. The zero-order valence-corrected chi connectivity index (χ0v) is 15.8. The van der Waals surface area contributed by atoms with Crippen molar-refractivity contribution in [3.63, 3.8) is 0 Å². The average Bonchev–Trinajstić information content (AvgIpc) is 2.93. The van der Waals surface area contributed by atoms with Gasteiger partial charge in [0, 0.05) is 32.6 Å². The van der Waals surface area contributed by atoms with E-state index in [1.165, 1.54) is 7.11 Å². The number of piperidine rings is 1. The number of methoxy groups -OCH3 is 1. The summed E-state index contributed by atoms with van der Waals surface area (Å²) in [5.74, 6) is 1.11. The number of guanidine groups is 1. The summed E-state index contributed by atoms with van der Waals surface area (Å²) in [6.45, 7) is 2.39. The van der Waals surface area contributed by atoms with Gasteiger partial charge in [-0.05, 0) is 25.7 Å².